The van der Waals surface area contributed by atoms with E-state index in [2.05, 4.69) is 32.2 Å². The fraction of sp³-hybridized carbons (Fsp3) is 0.385. The number of hydrogen-bond acceptors (Lipinski definition) is 7. The number of H-pyrrole nitrogens is 1. The van der Waals surface area contributed by atoms with Crippen molar-refractivity contribution in [2.45, 2.75) is 30.1 Å². The van der Waals surface area contributed by atoms with Crippen molar-refractivity contribution in [1.29, 1.82) is 0 Å². The van der Waals surface area contributed by atoms with E-state index in [0.717, 1.165) is 18.8 Å². The Balaban J connectivity index is 2.24. The number of ether oxygens (including phenoxy) is 1. The quantitative estimate of drug-likeness (QED) is 0.594. The minimum Gasteiger partial charge on any atom is -0.377 e. The molecule has 0 aromatic carbocycles. The molecule has 0 amide bonds. The third-order valence-electron chi connectivity index (χ3n) is 2.43. The SMILES string of the molecule is CCCNc1cc(Sc2nccc(=O)[nH]2)nc(COC)n1. The van der Waals surface area contributed by atoms with Crippen molar-refractivity contribution in [3.63, 3.8) is 0 Å². The maximum Gasteiger partial charge on any atom is 0.251 e. The molecule has 2 rings (SSSR count). The van der Waals surface area contributed by atoms with Gasteiger partial charge in [0.1, 0.15) is 17.5 Å². The summed E-state index contributed by atoms with van der Waals surface area (Å²) in [6, 6.07) is 3.20. The average Bonchev–Trinajstić information content (AvgIpc) is 2.45. The van der Waals surface area contributed by atoms with Crippen molar-refractivity contribution < 1.29 is 4.74 Å². The lowest BCUT2D eigenvalue weighted by molar-refractivity contribution is 0.177. The number of nitrogens with one attached hydrogen (secondary N) is 2. The number of nitrogens with zero attached hydrogens (tertiary/aromatic N) is 3. The minimum absolute atomic E-state index is 0.192. The number of aromatic nitrogens is 4. The largest absolute Gasteiger partial charge is 0.377 e. The lowest BCUT2D eigenvalue weighted by Crippen LogP contribution is -2.08. The molecule has 0 saturated carbocycles. The highest BCUT2D eigenvalue weighted by Gasteiger charge is 2.07. The summed E-state index contributed by atoms with van der Waals surface area (Å²) in [6.45, 7) is 3.24. The van der Waals surface area contributed by atoms with E-state index in [0.29, 0.717) is 22.6 Å². The molecule has 21 heavy (non-hydrogen) atoms. The van der Waals surface area contributed by atoms with E-state index in [1.807, 2.05) is 6.07 Å². The molecule has 0 aliphatic heterocycles. The number of rotatable bonds is 7. The van der Waals surface area contributed by atoms with Gasteiger partial charge in [0.15, 0.2) is 11.0 Å². The van der Waals surface area contributed by atoms with E-state index in [1.54, 1.807) is 7.11 Å². The predicted molar refractivity (Wildman–Crippen MR) is 80.5 cm³/mol. The van der Waals surface area contributed by atoms with E-state index in [4.69, 9.17) is 4.74 Å². The van der Waals surface area contributed by atoms with Crippen LogP contribution < -0.4 is 10.9 Å². The summed E-state index contributed by atoms with van der Waals surface area (Å²) in [5, 5.41) is 4.41. The number of aromatic amines is 1. The number of hydrogen-bond donors (Lipinski definition) is 2. The maximum absolute atomic E-state index is 11.3. The monoisotopic (exact) mass is 307 g/mol. The summed E-state index contributed by atoms with van der Waals surface area (Å²) < 4.78 is 5.08. The van der Waals surface area contributed by atoms with E-state index >= 15 is 0 Å². The van der Waals surface area contributed by atoms with Gasteiger partial charge in [-0.1, -0.05) is 6.92 Å². The zero-order chi connectivity index (χ0) is 15.1. The predicted octanol–water partition coefficient (Wildman–Crippen LogP) is 1.68. The molecule has 2 aromatic rings. The second-order valence-corrected chi connectivity index (χ2v) is 5.22. The Kier molecular flexibility index (Phi) is 5.70. The Morgan fingerprint density at radius 1 is 1.43 bits per heavy atom. The van der Waals surface area contributed by atoms with Crippen molar-refractivity contribution in [3.8, 4) is 0 Å². The average molecular weight is 307 g/mol. The van der Waals surface area contributed by atoms with Gasteiger partial charge in [0.25, 0.3) is 5.56 Å². The van der Waals surface area contributed by atoms with Crippen LogP contribution in [0.1, 0.15) is 19.2 Å². The summed E-state index contributed by atoms with van der Waals surface area (Å²) >= 11 is 1.28. The van der Waals surface area contributed by atoms with Crippen LogP contribution in [0.15, 0.2) is 33.3 Å². The zero-order valence-electron chi connectivity index (χ0n) is 11.9. The number of methoxy groups -OCH3 is 1. The van der Waals surface area contributed by atoms with Gasteiger partial charge >= 0.3 is 0 Å². The Hall–Kier alpha value is -1.93. The van der Waals surface area contributed by atoms with Gasteiger partial charge < -0.3 is 15.0 Å². The normalized spacial score (nSPS) is 10.6. The molecule has 0 fully saturated rings. The van der Waals surface area contributed by atoms with E-state index in [1.165, 1.54) is 24.0 Å². The smallest absolute Gasteiger partial charge is 0.251 e. The molecule has 7 nitrogen and oxygen atoms in total. The van der Waals surface area contributed by atoms with Gasteiger partial charge in [0.05, 0.1) is 0 Å². The Labute approximate surface area is 126 Å². The summed E-state index contributed by atoms with van der Waals surface area (Å²) in [5.41, 5.74) is -0.192. The third kappa shape index (κ3) is 4.83. The molecule has 2 heterocycles. The molecular formula is C13H17N5O2S. The van der Waals surface area contributed by atoms with Gasteiger partial charge in [-0.3, -0.25) is 4.79 Å². The molecular weight excluding hydrogens is 290 g/mol. The molecule has 0 aliphatic carbocycles. The molecule has 0 radical (unpaired) electrons. The first kappa shape index (κ1) is 15.5. The van der Waals surface area contributed by atoms with Crippen LogP contribution in [-0.4, -0.2) is 33.6 Å². The summed E-state index contributed by atoms with van der Waals surface area (Å²) in [7, 11) is 1.60. The number of anilines is 1. The van der Waals surface area contributed by atoms with Gasteiger partial charge in [-0.15, -0.1) is 0 Å². The van der Waals surface area contributed by atoms with Crippen LogP contribution in [0.3, 0.4) is 0 Å². The topological polar surface area (TPSA) is 92.8 Å². The zero-order valence-corrected chi connectivity index (χ0v) is 12.7. The van der Waals surface area contributed by atoms with E-state index in [-0.39, 0.29) is 5.56 Å². The van der Waals surface area contributed by atoms with Crippen LogP contribution in [0.25, 0.3) is 0 Å². The van der Waals surface area contributed by atoms with Crippen molar-refractivity contribution >= 4 is 17.6 Å². The molecule has 0 spiro atoms. The van der Waals surface area contributed by atoms with Gasteiger partial charge in [-0.2, -0.15) is 0 Å². The summed E-state index contributed by atoms with van der Waals surface area (Å²) in [6.07, 6.45) is 2.47. The first-order valence-electron chi connectivity index (χ1n) is 6.55. The molecule has 0 unspecified atom stereocenters. The second kappa shape index (κ2) is 7.75. The Morgan fingerprint density at radius 2 is 2.29 bits per heavy atom. The van der Waals surface area contributed by atoms with Crippen LogP contribution in [0.5, 0.6) is 0 Å². The molecule has 0 saturated heterocycles. The van der Waals surface area contributed by atoms with Crippen molar-refractivity contribution in [1.82, 2.24) is 19.9 Å². The Morgan fingerprint density at radius 3 is 3.00 bits per heavy atom. The molecule has 112 valence electrons. The van der Waals surface area contributed by atoms with Gasteiger partial charge in [0.2, 0.25) is 0 Å². The minimum atomic E-state index is -0.192. The molecule has 0 atom stereocenters. The second-order valence-electron chi connectivity index (χ2n) is 4.21. The fourth-order valence-electron chi connectivity index (χ4n) is 1.57. The van der Waals surface area contributed by atoms with Gasteiger partial charge in [0, 0.05) is 32.0 Å². The first-order valence-corrected chi connectivity index (χ1v) is 7.37. The summed E-state index contributed by atoms with van der Waals surface area (Å²) in [4.78, 5) is 26.8. The fourth-order valence-corrected chi connectivity index (χ4v) is 2.35. The van der Waals surface area contributed by atoms with E-state index < -0.39 is 0 Å². The molecule has 2 aromatic heterocycles. The Bertz CT molecular complexity index is 646. The molecule has 0 aliphatic rings. The third-order valence-corrected chi connectivity index (χ3v) is 3.25. The molecule has 2 N–H and O–H groups in total. The van der Waals surface area contributed by atoms with Crippen LogP contribution >= 0.6 is 11.8 Å². The highest BCUT2D eigenvalue weighted by atomic mass is 32.2. The maximum atomic E-state index is 11.3. The lowest BCUT2D eigenvalue weighted by Gasteiger charge is -2.08. The van der Waals surface area contributed by atoms with Crippen LogP contribution in [0, 0.1) is 0 Å². The van der Waals surface area contributed by atoms with Crippen molar-refractivity contribution in [2.24, 2.45) is 0 Å². The van der Waals surface area contributed by atoms with Crippen molar-refractivity contribution in [2.75, 3.05) is 19.0 Å². The van der Waals surface area contributed by atoms with Gasteiger partial charge in [-0.05, 0) is 18.2 Å². The van der Waals surface area contributed by atoms with Crippen LogP contribution in [-0.2, 0) is 11.3 Å². The first-order chi connectivity index (χ1) is 10.2. The van der Waals surface area contributed by atoms with Crippen molar-refractivity contribution in [3.05, 3.63) is 34.5 Å². The highest BCUT2D eigenvalue weighted by molar-refractivity contribution is 7.99. The molecule has 8 heteroatoms. The van der Waals surface area contributed by atoms with Crippen LogP contribution in [0.2, 0.25) is 0 Å². The molecule has 0 bridgehead atoms. The standard InChI is InChI=1S/C13H17N5O2S/c1-3-5-14-9-7-12(17-10(16-9)8-20-2)21-13-15-6-4-11(19)18-13/h4,6-7H,3,5,8H2,1-2H3,(H,14,16,17)(H,15,18,19). The van der Waals surface area contributed by atoms with Crippen LogP contribution in [0.4, 0.5) is 5.82 Å². The van der Waals surface area contributed by atoms with Gasteiger partial charge in [-0.25, -0.2) is 15.0 Å². The highest BCUT2D eigenvalue weighted by Crippen LogP contribution is 2.23. The summed E-state index contributed by atoms with van der Waals surface area (Å²) in [5.74, 6) is 1.32. The van der Waals surface area contributed by atoms with E-state index in [9.17, 15) is 4.79 Å². The lowest BCUT2D eigenvalue weighted by atomic mass is 10.4.